The Labute approximate surface area is 158 Å². The predicted octanol–water partition coefficient (Wildman–Crippen LogP) is 4.19. The van der Waals surface area contributed by atoms with Crippen LogP contribution in [0, 0.1) is 18.3 Å². The summed E-state index contributed by atoms with van der Waals surface area (Å²) in [5, 5.41) is 17.1. The van der Waals surface area contributed by atoms with Crippen molar-refractivity contribution in [1.82, 2.24) is 10.2 Å². The highest BCUT2D eigenvalue weighted by molar-refractivity contribution is 5.69. The van der Waals surface area contributed by atoms with Gasteiger partial charge in [-0.05, 0) is 30.9 Å². The Bertz CT molecular complexity index is 1030. The number of aromatic nitrogens is 2. The molecule has 1 aliphatic rings. The van der Waals surface area contributed by atoms with E-state index in [1.807, 2.05) is 30.3 Å². The first-order valence-corrected chi connectivity index (χ1v) is 8.94. The maximum Gasteiger partial charge on any atom is 0.244 e. The van der Waals surface area contributed by atoms with Crippen LogP contribution in [0.25, 0.3) is 11.3 Å². The third-order valence-corrected chi connectivity index (χ3v) is 4.96. The molecule has 2 aromatic carbocycles. The van der Waals surface area contributed by atoms with E-state index in [1.165, 1.54) is 11.1 Å². The predicted molar refractivity (Wildman–Crippen MR) is 104 cm³/mol. The number of ether oxygens (including phenoxy) is 1. The summed E-state index contributed by atoms with van der Waals surface area (Å²) in [7, 11) is 0. The Morgan fingerprint density at radius 3 is 2.59 bits per heavy atom. The van der Waals surface area contributed by atoms with Crippen molar-refractivity contribution in [3.05, 3.63) is 82.7 Å². The molecule has 1 aromatic heterocycles. The lowest BCUT2D eigenvalue weighted by Crippen LogP contribution is -2.20. The molecule has 134 valence electrons. The van der Waals surface area contributed by atoms with E-state index < -0.39 is 0 Å². The SMILES string of the molecule is Cc1ccc(-c2[nH]nc3c2C(CCc2ccccc2)C(C#N)=C(N)O3)cc1. The Morgan fingerprint density at radius 2 is 1.89 bits per heavy atom. The average molecular weight is 356 g/mol. The zero-order chi connectivity index (χ0) is 18.8. The molecule has 1 atom stereocenters. The Balaban J connectivity index is 1.74. The normalized spacial score (nSPS) is 15.8. The van der Waals surface area contributed by atoms with Gasteiger partial charge in [0.05, 0.1) is 16.8 Å². The molecule has 1 unspecified atom stereocenters. The molecule has 5 heteroatoms. The fraction of sp³-hybridized carbons (Fsp3) is 0.182. The Morgan fingerprint density at radius 1 is 1.15 bits per heavy atom. The zero-order valence-corrected chi connectivity index (χ0v) is 15.1. The fourth-order valence-electron chi connectivity index (χ4n) is 3.53. The molecule has 0 aliphatic carbocycles. The molecule has 0 saturated heterocycles. The number of nitrogens with one attached hydrogen (secondary N) is 1. The summed E-state index contributed by atoms with van der Waals surface area (Å²) in [6.07, 6.45) is 1.59. The summed E-state index contributed by atoms with van der Waals surface area (Å²) in [5.74, 6) is 0.444. The highest BCUT2D eigenvalue weighted by Gasteiger charge is 2.34. The number of benzene rings is 2. The largest absolute Gasteiger partial charge is 0.420 e. The van der Waals surface area contributed by atoms with E-state index in [-0.39, 0.29) is 11.8 Å². The second kappa shape index (κ2) is 7.00. The molecule has 1 aliphatic heterocycles. The molecule has 3 N–H and O–H groups in total. The monoisotopic (exact) mass is 356 g/mol. The molecule has 0 saturated carbocycles. The molecule has 27 heavy (non-hydrogen) atoms. The summed E-state index contributed by atoms with van der Waals surface area (Å²) in [6.45, 7) is 2.05. The number of nitrogens with zero attached hydrogens (tertiary/aromatic N) is 2. The van der Waals surface area contributed by atoms with Crippen LogP contribution in [0.2, 0.25) is 0 Å². The maximum atomic E-state index is 9.69. The van der Waals surface area contributed by atoms with Crippen LogP contribution in [0.5, 0.6) is 5.88 Å². The molecular weight excluding hydrogens is 336 g/mol. The second-order valence-corrected chi connectivity index (χ2v) is 6.75. The molecule has 0 bridgehead atoms. The van der Waals surface area contributed by atoms with Gasteiger partial charge in [0.1, 0.15) is 6.07 Å². The van der Waals surface area contributed by atoms with Crippen LogP contribution in [0.3, 0.4) is 0 Å². The molecule has 0 radical (unpaired) electrons. The van der Waals surface area contributed by atoms with Crippen LogP contribution < -0.4 is 10.5 Å². The lowest BCUT2D eigenvalue weighted by atomic mass is 9.84. The minimum Gasteiger partial charge on any atom is -0.420 e. The number of nitrogens with two attached hydrogens (primary N) is 1. The van der Waals surface area contributed by atoms with Crippen molar-refractivity contribution >= 4 is 0 Å². The molecule has 0 fully saturated rings. The third kappa shape index (κ3) is 3.18. The van der Waals surface area contributed by atoms with Gasteiger partial charge in [-0.15, -0.1) is 5.10 Å². The van der Waals surface area contributed by atoms with Crippen molar-refractivity contribution < 1.29 is 4.74 Å². The van der Waals surface area contributed by atoms with Gasteiger partial charge in [0.2, 0.25) is 11.8 Å². The summed E-state index contributed by atoms with van der Waals surface area (Å²) >= 11 is 0. The lowest BCUT2D eigenvalue weighted by molar-refractivity contribution is 0.371. The van der Waals surface area contributed by atoms with Crippen molar-refractivity contribution in [2.24, 2.45) is 5.73 Å². The van der Waals surface area contributed by atoms with Gasteiger partial charge in [0, 0.05) is 5.92 Å². The van der Waals surface area contributed by atoms with Crippen molar-refractivity contribution in [2.45, 2.75) is 25.7 Å². The van der Waals surface area contributed by atoms with Crippen LogP contribution in [0.4, 0.5) is 0 Å². The first-order chi connectivity index (χ1) is 13.2. The number of fused-ring (bicyclic) bond motifs is 1. The van der Waals surface area contributed by atoms with E-state index in [2.05, 4.69) is 47.5 Å². The van der Waals surface area contributed by atoms with Crippen molar-refractivity contribution in [3.8, 4) is 23.2 Å². The molecule has 3 aromatic rings. The van der Waals surface area contributed by atoms with Crippen LogP contribution in [0.15, 0.2) is 66.1 Å². The number of allylic oxidation sites excluding steroid dienone is 1. The molecule has 4 rings (SSSR count). The number of rotatable bonds is 4. The number of aryl methyl sites for hydroxylation is 2. The van der Waals surface area contributed by atoms with Crippen molar-refractivity contribution in [1.29, 1.82) is 5.26 Å². The molecule has 0 amide bonds. The van der Waals surface area contributed by atoms with E-state index in [0.717, 1.165) is 29.7 Å². The van der Waals surface area contributed by atoms with Gasteiger partial charge in [-0.1, -0.05) is 60.2 Å². The van der Waals surface area contributed by atoms with Gasteiger partial charge in [0.25, 0.3) is 0 Å². The first-order valence-electron chi connectivity index (χ1n) is 8.94. The number of hydrogen-bond acceptors (Lipinski definition) is 4. The van der Waals surface area contributed by atoms with E-state index >= 15 is 0 Å². The topological polar surface area (TPSA) is 87.7 Å². The number of H-pyrrole nitrogens is 1. The van der Waals surface area contributed by atoms with Crippen molar-refractivity contribution in [3.63, 3.8) is 0 Å². The Hall–Kier alpha value is -3.52. The average Bonchev–Trinajstić information content (AvgIpc) is 3.10. The zero-order valence-electron chi connectivity index (χ0n) is 15.1. The van der Waals surface area contributed by atoms with Gasteiger partial charge in [-0.25, -0.2) is 0 Å². The smallest absolute Gasteiger partial charge is 0.244 e. The standard InChI is InChI=1S/C22H20N4O/c1-14-7-10-16(11-8-14)20-19-17(12-9-15-5-3-2-4-6-15)18(13-23)21(24)27-22(19)26-25-20/h2-8,10-11,17H,9,12,24H2,1H3,(H,25,26). The molecule has 2 heterocycles. The Kier molecular flexibility index (Phi) is 4.39. The van der Waals surface area contributed by atoms with E-state index in [0.29, 0.717) is 11.5 Å². The summed E-state index contributed by atoms with van der Waals surface area (Å²) in [4.78, 5) is 0. The van der Waals surface area contributed by atoms with E-state index in [1.54, 1.807) is 0 Å². The van der Waals surface area contributed by atoms with Crippen LogP contribution in [-0.2, 0) is 6.42 Å². The minimum absolute atomic E-state index is 0.144. The highest BCUT2D eigenvalue weighted by atomic mass is 16.5. The molecule has 0 spiro atoms. The van der Waals surface area contributed by atoms with Crippen molar-refractivity contribution in [2.75, 3.05) is 0 Å². The number of nitriles is 1. The molecule has 5 nitrogen and oxygen atoms in total. The first kappa shape index (κ1) is 16.9. The minimum atomic E-state index is -0.158. The van der Waals surface area contributed by atoms with Gasteiger partial charge in [-0.3, -0.25) is 5.10 Å². The lowest BCUT2D eigenvalue weighted by Gasteiger charge is -2.23. The summed E-state index contributed by atoms with van der Waals surface area (Å²) < 4.78 is 5.64. The van der Waals surface area contributed by atoms with Crippen LogP contribution >= 0.6 is 0 Å². The van der Waals surface area contributed by atoms with E-state index in [9.17, 15) is 5.26 Å². The third-order valence-electron chi connectivity index (χ3n) is 4.96. The molecular formula is C22H20N4O. The summed E-state index contributed by atoms with van der Waals surface area (Å²) in [6, 6.07) is 20.7. The van der Waals surface area contributed by atoms with Gasteiger partial charge in [-0.2, -0.15) is 5.26 Å². The van der Waals surface area contributed by atoms with Crippen LogP contribution in [0.1, 0.15) is 29.0 Å². The van der Waals surface area contributed by atoms with E-state index in [4.69, 9.17) is 10.5 Å². The number of aromatic amines is 1. The van der Waals surface area contributed by atoms with Gasteiger partial charge in [0.15, 0.2) is 0 Å². The second-order valence-electron chi connectivity index (χ2n) is 6.75. The summed E-state index contributed by atoms with van der Waals surface area (Å²) in [5.41, 5.74) is 11.7. The van der Waals surface area contributed by atoms with Gasteiger partial charge < -0.3 is 10.5 Å². The highest BCUT2D eigenvalue weighted by Crippen LogP contribution is 2.44. The van der Waals surface area contributed by atoms with Gasteiger partial charge >= 0.3 is 0 Å². The quantitative estimate of drug-likeness (QED) is 0.734. The number of hydrogen-bond donors (Lipinski definition) is 2. The fourth-order valence-corrected chi connectivity index (χ4v) is 3.53. The maximum absolute atomic E-state index is 9.69. The van der Waals surface area contributed by atoms with Crippen LogP contribution in [-0.4, -0.2) is 10.2 Å².